The van der Waals surface area contributed by atoms with Crippen LogP contribution in [0.4, 0.5) is 10.5 Å². The van der Waals surface area contributed by atoms with Gasteiger partial charge < -0.3 is 15.4 Å². The van der Waals surface area contributed by atoms with Crippen molar-refractivity contribution in [1.29, 1.82) is 0 Å². The molecule has 170 valence electrons. The van der Waals surface area contributed by atoms with Crippen molar-refractivity contribution in [3.63, 3.8) is 0 Å². The molecule has 4 amide bonds. The third-order valence-corrected chi connectivity index (χ3v) is 5.21. The van der Waals surface area contributed by atoms with E-state index in [1.807, 2.05) is 6.07 Å². The Bertz CT molecular complexity index is 1150. The number of rotatable bonds is 6. The Morgan fingerprint density at radius 3 is 2.34 bits per heavy atom. The van der Waals surface area contributed by atoms with Crippen LogP contribution < -0.4 is 16.2 Å². The topological polar surface area (TPSA) is 132 Å². The lowest BCUT2D eigenvalue weighted by atomic mass is 10.1. The molecular formula is C21H25N5O6. The van der Waals surface area contributed by atoms with Crippen molar-refractivity contribution in [1.82, 2.24) is 19.6 Å². The van der Waals surface area contributed by atoms with E-state index in [9.17, 15) is 24.0 Å². The Balaban J connectivity index is 1.69. The molecule has 1 aromatic heterocycles. The molecule has 32 heavy (non-hydrogen) atoms. The fraction of sp³-hybridized carbons (Fsp3) is 0.381. The van der Waals surface area contributed by atoms with Gasteiger partial charge in [0.2, 0.25) is 0 Å². The molecule has 2 heterocycles. The van der Waals surface area contributed by atoms with Gasteiger partial charge in [0.15, 0.2) is 6.10 Å². The zero-order valence-corrected chi connectivity index (χ0v) is 18.5. The second-order valence-electron chi connectivity index (χ2n) is 8.00. The summed E-state index contributed by atoms with van der Waals surface area (Å²) in [5, 5.41) is 4.96. The molecule has 0 bridgehead atoms. The monoisotopic (exact) mass is 443 g/mol. The van der Waals surface area contributed by atoms with Crippen molar-refractivity contribution in [3.05, 3.63) is 46.4 Å². The lowest BCUT2D eigenvalue weighted by Gasteiger charge is -2.17. The minimum atomic E-state index is -1.26. The summed E-state index contributed by atoms with van der Waals surface area (Å²) < 4.78 is 8.08. The number of urea groups is 1. The molecule has 1 aliphatic heterocycles. The predicted octanol–water partition coefficient (Wildman–Crippen LogP) is 0.685. The van der Waals surface area contributed by atoms with Crippen molar-refractivity contribution in [3.8, 4) is 5.69 Å². The predicted molar refractivity (Wildman–Crippen MR) is 114 cm³/mol. The van der Waals surface area contributed by atoms with Crippen molar-refractivity contribution in [2.24, 2.45) is 7.05 Å². The lowest BCUT2D eigenvalue weighted by molar-refractivity contribution is -0.155. The molecule has 0 unspecified atom stereocenters. The molecule has 1 fully saturated rings. The molecule has 0 spiro atoms. The summed E-state index contributed by atoms with van der Waals surface area (Å²) in [6.07, 6.45) is -1.26. The zero-order valence-electron chi connectivity index (χ0n) is 18.5. The summed E-state index contributed by atoms with van der Waals surface area (Å²) in [4.78, 5) is 62.5. The lowest BCUT2D eigenvalue weighted by Crippen LogP contribution is -2.42. The highest BCUT2D eigenvalue weighted by Gasteiger charge is 2.45. The molecule has 0 saturated carbocycles. The number of carbonyl (C=O) groups excluding carboxylic acids is 4. The number of nitrogens with zero attached hydrogens (tertiary/aromatic N) is 3. The van der Waals surface area contributed by atoms with Crippen LogP contribution in [0.1, 0.15) is 26.5 Å². The Labute approximate surface area is 183 Å². The van der Waals surface area contributed by atoms with Crippen molar-refractivity contribution in [2.45, 2.75) is 39.3 Å². The van der Waals surface area contributed by atoms with Gasteiger partial charge >= 0.3 is 12.0 Å². The summed E-state index contributed by atoms with van der Waals surface area (Å²) >= 11 is 0. The van der Waals surface area contributed by atoms with E-state index < -0.39 is 47.6 Å². The summed E-state index contributed by atoms with van der Waals surface area (Å²) in [6.45, 7) is 5.40. The fourth-order valence-corrected chi connectivity index (χ4v) is 3.32. The molecule has 11 nitrogen and oxygen atoms in total. The average molecular weight is 443 g/mol. The minimum absolute atomic E-state index is 0.0556. The Kier molecular flexibility index (Phi) is 5.93. The standard InChI is InChI=1S/C21H25N5O6/c1-12-16(18(29)26(24(12)5)14-9-7-6-8-10-14)22-17(28)13(2)32-15(27)11-25-19(30)21(3,4)23-20(25)31/h6-10,13H,11H2,1-5H3,(H,22,28)(H,23,31)/t13-/m0/s1. The van der Waals surface area contributed by atoms with Gasteiger partial charge in [0.05, 0.1) is 11.4 Å². The summed E-state index contributed by atoms with van der Waals surface area (Å²) in [6, 6.07) is 8.20. The number of anilines is 1. The third kappa shape index (κ3) is 4.13. The van der Waals surface area contributed by atoms with E-state index in [1.165, 1.54) is 25.5 Å². The number of hydrogen-bond donors (Lipinski definition) is 2. The number of carbonyl (C=O) groups is 4. The van der Waals surface area contributed by atoms with Gasteiger partial charge in [-0.15, -0.1) is 0 Å². The average Bonchev–Trinajstić information content (AvgIpc) is 3.06. The van der Waals surface area contributed by atoms with Crippen LogP contribution in [0.15, 0.2) is 35.1 Å². The van der Waals surface area contributed by atoms with E-state index in [0.29, 0.717) is 11.4 Å². The smallest absolute Gasteiger partial charge is 0.327 e. The van der Waals surface area contributed by atoms with Gasteiger partial charge in [-0.05, 0) is 39.8 Å². The molecule has 11 heteroatoms. The number of benzene rings is 1. The second-order valence-corrected chi connectivity index (χ2v) is 8.00. The number of nitrogens with one attached hydrogen (secondary N) is 2. The number of ether oxygens (including phenoxy) is 1. The molecule has 2 aromatic rings. The van der Waals surface area contributed by atoms with Gasteiger partial charge in [0.1, 0.15) is 17.8 Å². The first-order chi connectivity index (χ1) is 14.9. The first-order valence-electron chi connectivity index (χ1n) is 9.92. The number of imide groups is 1. The molecular weight excluding hydrogens is 418 g/mol. The van der Waals surface area contributed by atoms with E-state index in [1.54, 1.807) is 42.9 Å². The van der Waals surface area contributed by atoms with E-state index >= 15 is 0 Å². The van der Waals surface area contributed by atoms with Crippen LogP contribution in [0.3, 0.4) is 0 Å². The first kappa shape index (κ1) is 22.8. The van der Waals surface area contributed by atoms with Crippen LogP contribution in [-0.4, -0.2) is 56.3 Å². The third-order valence-electron chi connectivity index (χ3n) is 5.21. The van der Waals surface area contributed by atoms with Crippen molar-refractivity contribution >= 4 is 29.5 Å². The van der Waals surface area contributed by atoms with E-state index in [0.717, 1.165) is 4.90 Å². The second kappa shape index (κ2) is 8.33. The molecule has 3 rings (SSSR count). The van der Waals surface area contributed by atoms with Gasteiger partial charge in [0.25, 0.3) is 17.4 Å². The van der Waals surface area contributed by atoms with Crippen LogP contribution >= 0.6 is 0 Å². The largest absolute Gasteiger partial charge is 0.451 e. The zero-order chi connectivity index (χ0) is 23.8. The Hall–Kier alpha value is -3.89. The van der Waals surface area contributed by atoms with Crippen LogP contribution in [0.5, 0.6) is 0 Å². The van der Waals surface area contributed by atoms with Gasteiger partial charge in [-0.1, -0.05) is 18.2 Å². The molecule has 2 N–H and O–H groups in total. The van der Waals surface area contributed by atoms with Crippen LogP contribution in [-0.2, 0) is 26.2 Å². The fourth-order valence-electron chi connectivity index (χ4n) is 3.32. The van der Waals surface area contributed by atoms with Crippen LogP contribution in [0.2, 0.25) is 0 Å². The van der Waals surface area contributed by atoms with Gasteiger partial charge in [-0.25, -0.2) is 9.48 Å². The van der Waals surface area contributed by atoms with E-state index in [-0.39, 0.29) is 5.69 Å². The number of amides is 4. The maximum atomic E-state index is 12.9. The van der Waals surface area contributed by atoms with Crippen molar-refractivity contribution in [2.75, 3.05) is 11.9 Å². The van der Waals surface area contributed by atoms with Crippen LogP contribution in [0, 0.1) is 6.92 Å². The number of para-hydroxylation sites is 1. The normalized spacial score (nSPS) is 16.0. The number of esters is 1. The summed E-state index contributed by atoms with van der Waals surface area (Å²) in [5.74, 6) is -2.22. The van der Waals surface area contributed by atoms with E-state index in [4.69, 9.17) is 4.74 Å². The summed E-state index contributed by atoms with van der Waals surface area (Å²) in [5.41, 5.74) is -0.374. The van der Waals surface area contributed by atoms with Gasteiger partial charge in [-0.3, -0.25) is 28.8 Å². The number of hydrogen-bond acceptors (Lipinski definition) is 6. The quantitative estimate of drug-likeness (QED) is 0.499. The molecule has 1 aliphatic rings. The molecule has 0 radical (unpaired) electrons. The maximum Gasteiger partial charge on any atom is 0.327 e. The molecule has 1 aromatic carbocycles. The van der Waals surface area contributed by atoms with E-state index in [2.05, 4.69) is 10.6 Å². The Morgan fingerprint density at radius 1 is 1.16 bits per heavy atom. The molecule has 1 saturated heterocycles. The SMILES string of the molecule is Cc1c(NC(=O)[C@H](C)OC(=O)CN2C(=O)NC(C)(C)C2=O)c(=O)n(-c2ccccc2)n1C. The maximum absolute atomic E-state index is 12.9. The highest BCUT2D eigenvalue weighted by atomic mass is 16.5. The van der Waals surface area contributed by atoms with Gasteiger partial charge in [0, 0.05) is 7.05 Å². The van der Waals surface area contributed by atoms with Crippen LogP contribution in [0.25, 0.3) is 5.69 Å². The Morgan fingerprint density at radius 2 is 1.78 bits per heavy atom. The molecule has 0 aliphatic carbocycles. The molecule has 1 atom stereocenters. The number of aromatic nitrogens is 2. The minimum Gasteiger partial charge on any atom is -0.451 e. The highest BCUT2D eigenvalue weighted by molar-refractivity contribution is 6.08. The van der Waals surface area contributed by atoms with Crippen molar-refractivity contribution < 1.29 is 23.9 Å². The summed E-state index contributed by atoms with van der Waals surface area (Å²) in [7, 11) is 1.68. The highest BCUT2D eigenvalue weighted by Crippen LogP contribution is 2.17. The van der Waals surface area contributed by atoms with Gasteiger partial charge in [-0.2, -0.15) is 0 Å². The first-order valence-corrected chi connectivity index (χ1v) is 9.92.